The highest BCUT2D eigenvalue weighted by atomic mass is 35.5. The molecule has 1 saturated carbocycles. The van der Waals surface area contributed by atoms with Gasteiger partial charge in [-0.05, 0) is 43.5 Å². The Balaban J connectivity index is 1.68. The number of nitrogens with one attached hydrogen (secondary N) is 2. The van der Waals surface area contributed by atoms with Gasteiger partial charge < -0.3 is 15.4 Å². The van der Waals surface area contributed by atoms with Gasteiger partial charge in [0.05, 0.1) is 12.8 Å². The Labute approximate surface area is 158 Å². The summed E-state index contributed by atoms with van der Waals surface area (Å²) in [5.74, 6) is 0.969. The molecule has 0 atom stereocenters. The molecule has 7 heteroatoms. The smallest absolute Gasteiger partial charge is 0.272 e. The van der Waals surface area contributed by atoms with Crippen molar-refractivity contribution in [2.24, 2.45) is 0 Å². The molecule has 1 aromatic heterocycles. The normalized spacial score (nSPS) is 14.7. The molecule has 1 aromatic carbocycles. The van der Waals surface area contributed by atoms with E-state index in [2.05, 4.69) is 20.8 Å². The van der Waals surface area contributed by atoms with Crippen molar-refractivity contribution in [3.05, 3.63) is 40.5 Å². The van der Waals surface area contributed by atoms with Crippen LogP contribution in [0.5, 0.6) is 5.75 Å². The van der Waals surface area contributed by atoms with Crippen molar-refractivity contribution >= 4 is 29.0 Å². The first-order valence-corrected chi connectivity index (χ1v) is 9.20. The number of halogens is 1. The number of amides is 1. The summed E-state index contributed by atoms with van der Waals surface area (Å²) < 4.78 is 5.34. The molecule has 0 spiro atoms. The monoisotopic (exact) mass is 374 g/mol. The van der Waals surface area contributed by atoms with E-state index >= 15 is 0 Å². The van der Waals surface area contributed by atoms with Crippen LogP contribution in [0.3, 0.4) is 0 Å². The van der Waals surface area contributed by atoms with Crippen molar-refractivity contribution in [3.63, 3.8) is 0 Å². The first-order chi connectivity index (χ1) is 12.6. The lowest BCUT2D eigenvalue weighted by atomic mass is 9.95. The number of nitrogens with zero attached hydrogens (tertiary/aromatic N) is 2. The third-order valence-electron chi connectivity index (χ3n) is 4.58. The minimum absolute atomic E-state index is 0.170. The van der Waals surface area contributed by atoms with Gasteiger partial charge >= 0.3 is 0 Å². The zero-order valence-corrected chi connectivity index (χ0v) is 15.8. The van der Waals surface area contributed by atoms with Gasteiger partial charge in [0.1, 0.15) is 5.75 Å². The molecule has 138 valence electrons. The minimum Gasteiger partial charge on any atom is -0.495 e. The lowest BCUT2D eigenvalue weighted by Gasteiger charge is -2.22. The number of rotatable bonds is 5. The van der Waals surface area contributed by atoms with E-state index in [0.717, 1.165) is 24.1 Å². The molecule has 2 aromatic rings. The second kappa shape index (κ2) is 8.36. The Hall–Kier alpha value is -2.34. The Morgan fingerprint density at radius 1 is 1.19 bits per heavy atom. The van der Waals surface area contributed by atoms with E-state index in [4.69, 9.17) is 16.3 Å². The predicted molar refractivity (Wildman–Crippen MR) is 102 cm³/mol. The molecule has 0 unspecified atom stereocenters. The second-order valence-corrected chi connectivity index (χ2v) is 6.95. The van der Waals surface area contributed by atoms with Crippen molar-refractivity contribution in [1.82, 2.24) is 15.5 Å². The van der Waals surface area contributed by atoms with E-state index < -0.39 is 0 Å². The van der Waals surface area contributed by atoms with Crippen LogP contribution < -0.4 is 15.4 Å². The summed E-state index contributed by atoms with van der Waals surface area (Å²) in [4.78, 5) is 12.3. The minimum atomic E-state index is -0.170. The van der Waals surface area contributed by atoms with Crippen molar-refractivity contribution < 1.29 is 9.53 Å². The maximum atomic E-state index is 12.3. The van der Waals surface area contributed by atoms with Gasteiger partial charge in [0.15, 0.2) is 11.5 Å². The summed E-state index contributed by atoms with van der Waals surface area (Å²) in [5.41, 5.74) is 1.98. The molecule has 1 fully saturated rings. The molecule has 1 aliphatic rings. The van der Waals surface area contributed by atoms with Gasteiger partial charge in [-0.15, -0.1) is 10.2 Å². The lowest BCUT2D eigenvalue weighted by molar-refractivity contribution is 0.0921. The van der Waals surface area contributed by atoms with Crippen LogP contribution in [0.1, 0.15) is 48.2 Å². The zero-order valence-electron chi connectivity index (χ0n) is 15.0. The molecule has 1 amide bonds. The Morgan fingerprint density at radius 2 is 1.96 bits per heavy atom. The highest BCUT2D eigenvalue weighted by molar-refractivity contribution is 6.31. The average molecular weight is 375 g/mol. The largest absolute Gasteiger partial charge is 0.495 e. The first-order valence-electron chi connectivity index (χ1n) is 8.82. The molecule has 26 heavy (non-hydrogen) atoms. The number of anilines is 2. The molecule has 3 rings (SSSR count). The summed E-state index contributed by atoms with van der Waals surface area (Å²) in [6.07, 6.45) is 5.66. The number of aromatic nitrogens is 2. The number of methoxy groups -OCH3 is 1. The Kier molecular flexibility index (Phi) is 5.93. The van der Waals surface area contributed by atoms with Crippen molar-refractivity contribution in [1.29, 1.82) is 0 Å². The summed E-state index contributed by atoms with van der Waals surface area (Å²) >= 11 is 6.12. The topological polar surface area (TPSA) is 76.1 Å². The lowest BCUT2D eigenvalue weighted by Crippen LogP contribution is -2.36. The van der Waals surface area contributed by atoms with Gasteiger partial charge in [-0.1, -0.05) is 30.9 Å². The summed E-state index contributed by atoms with van der Waals surface area (Å²) in [6.45, 7) is 1.91. The number of carbonyl (C=O) groups excluding carboxylic acids is 1. The fraction of sp³-hybridized carbons (Fsp3) is 0.421. The standard InChI is InChI=1S/C19H23ClN4O2/c1-12-10-16(17(26-2)11-14(12)20)22-18-9-8-15(23-24-18)19(25)21-13-6-4-3-5-7-13/h8-11,13H,3-7H2,1-2H3,(H,21,25)(H,22,24). The second-order valence-electron chi connectivity index (χ2n) is 6.54. The number of aryl methyl sites for hydroxylation is 1. The molecule has 0 aliphatic heterocycles. The summed E-state index contributed by atoms with van der Waals surface area (Å²) in [5, 5.41) is 15.0. The van der Waals surface area contributed by atoms with Crippen LogP contribution in [-0.2, 0) is 0 Å². The molecule has 2 N–H and O–H groups in total. The quantitative estimate of drug-likeness (QED) is 0.818. The maximum absolute atomic E-state index is 12.3. The highest BCUT2D eigenvalue weighted by Gasteiger charge is 2.17. The van der Waals surface area contributed by atoms with Crippen molar-refractivity contribution in [3.8, 4) is 5.75 Å². The van der Waals surface area contributed by atoms with E-state index in [1.807, 2.05) is 13.0 Å². The van der Waals surface area contributed by atoms with E-state index in [1.165, 1.54) is 19.3 Å². The van der Waals surface area contributed by atoms with Crippen molar-refractivity contribution in [2.75, 3.05) is 12.4 Å². The number of hydrogen-bond donors (Lipinski definition) is 2. The predicted octanol–water partition coefficient (Wildman–Crippen LogP) is 4.25. The summed E-state index contributed by atoms with van der Waals surface area (Å²) in [6, 6.07) is 7.28. The van der Waals surface area contributed by atoms with Crippen LogP contribution in [0, 0.1) is 6.92 Å². The number of ether oxygens (including phenoxy) is 1. The Morgan fingerprint density at radius 3 is 2.62 bits per heavy atom. The molecular weight excluding hydrogens is 352 g/mol. The fourth-order valence-electron chi connectivity index (χ4n) is 3.09. The molecule has 0 bridgehead atoms. The third kappa shape index (κ3) is 4.43. The van der Waals surface area contributed by atoms with Gasteiger partial charge in [0.25, 0.3) is 5.91 Å². The van der Waals surface area contributed by atoms with E-state index in [9.17, 15) is 4.79 Å². The summed E-state index contributed by atoms with van der Waals surface area (Å²) in [7, 11) is 1.58. The molecule has 6 nitrogen and oxygen atoms in total. The van der Waals surface area contributed by atoms with Crippen LogP contribution in [-0.4, -0.2) is 29.3 Å². The molecule has 1 heterocycles. The number of benzene rings is 1. The molecule has 1 aliphatic carbocycles. The first kappa shape index (κ1) is 18.5. The van der Waals surface area contributed by atoms with Gasteiger partial charge in [0, 0.05) is 17.1 Å². The Bertz CT molecular complexity index is 774. The third-order valence-corrected chi connectivity index (χ3v) is 4.99. The molecular formula is C19H23ClN4O2. The number of carbonyl (C=O) groups is 1. The van der Waals surface area contributed by atoms with Crippen LogP contribution in [0.25, 0.3) is 0 Å². The van der Waals surface area contributed by atoms with Crippen LogP contribution in [0.2, 0.25) is 5.02 Å². The van der Waals surface area contributed by atoms with Crippen LogP contribution >= 0.6 is 11.6 Å². The number of hydrogen-bond acceptors (Lipinski definition) is 5. The van der Waals surface area contributed by atoms with Crippen molar-refractivity contribution in [2.45, 2.75) is 45.1 Å². The van der Waals surface area contributed by atoms with Gasteiger partial charge in [-0.25, -0.2) is 0 Å². The zero-order chi connectivity index (χ0) is 18.5. The molecule has 0 saturated heterocycles. The van der Waals surface area contributed by atoms with E-state index in [0.29, 0.717) is 22.3 Å². The van der Waals surface area contributed by atoms with Crippen LogP contribution in [0.15, 0.2) is 24.3 Å². The maximum Gasteiger partial charge on any atom is 0.272 e. The van der Waals surface area contributed by atoms with E-state index in [-0.39, 0.29) is 11.9 Å². The van der Waals surface area contributed by atoms with E-state index in [1.54, 1.807) is 25.3 Å². The molecule has 0 radical (unpaired) electrons. The van der Waals surface area contributed by atoms with Gasteiger partial charge in [-0.3, -0.25) is 4.79 Å². The average Bonchev–Trinajstić information content (AvgIpc) is 2.66. The SMILES string of the molecule is COc1cc(Cl)c(C)cc1Nc1ccc(C(=O)NC2CCCCC2)nn1. The highest BCUT2D eigenvalue weighted by Crippen LogP contribution is 2.32. The van der Waals surface area contributed by atoms with Gasteiger partial charge in [-0.2, -0.15) is 0 Å². The fourth-order valence-corrected chi connectivity index (χ4v) is 3.25. The van der Waals surface area contributed by atoms with Crippen LogP contribution in [0.4, 0.5) is 11.5 Å². The van der Waals surface area contributed by atoms with Gasteiger partial charge in [0.2, 0.25) is 0 Å².